The van der Waals surface area contributed by atoms with Crippen molar-refractivity contribution in [2.75, 3.05) is 17.3 Å². The number of carbonyl (C=O) groups excluding carboxylic acids is 1. The minimum absolute atomic E-state index is 0.0123. The van der Waals surface area contributed by atoms with Crippen molar-refractivity contribution < 1.29 is 22.0 Å². The van der Waals surface area contributed by atoms with Crippen LogP contribution in [0.2, 0.25) is 0 Å². The Morgan fingerprint density at radius 2 is 1.87 bits per heavy atom. The molecule has 2 aromatic carbocycles. The predicted molar refractivity (Wildman–Crippen MR) is 167 cm³/mol. The molecule has 4 heterocycles. The molecule has 228 valence electrons. The van der Waals surface area contributed by atoms with Gasteiger partial charge in [0.05, 0.1) is 28.8 Å². The lowest BCUT2D eigenvalue weighted by Crippen LogP contribution is -2.28. The van der Waals surface area contributed by atoms with Gasteiger partial charge in [-0.05, 0) is 72.9 Å². The Morgan fingerprint density at radius 1 is 1.02 bits per heavy atom. The Bertz CT molecular complexity index is 2230. The highest BCUT2D eigenvalue weighted by Crippen LogP contribution is 2.35. The molecule has 6 aromatic rings. The number of pyridine rings is 2. The summed E-state index contributed by atoms with van der Waals surface area (Å²) in [6, 6.07) is 11.0. The van der Waals surface area contributed by atoms with E-state index in [1.165, 1.54) is 18.2 Å². The Hall–Kier alpha value is -5.04. The average molecular weight is 628 g/mol. The van der Waals surface area contributed by atoms with Crippen molar-refractivity contribution in [3.63, 3.8) is 0 Å². The van der Waals surface area contributed by atoms with E-state index >= 15 is 4.39 Å². The smallest absolute Gasteiger partial charge is 0.227 e. The first-order valence-electron chi connectivity index (χ1n) is 14.4. The van der Waals surface area contributed by atoms with Crippen LogP contribution in [0.25, 0.3) is 55.8 Å². The molecule has 10 nitrogen and oxygen atoms in total. The van der Waals surface area contributed by atoms with Crippen LogP contribution >= 0.6 is 0 Å². The summed E-state index contributed by atoms with van der Waals surface area (Å²) in [5, 5.41) is 10.5. The molecular formula is C32H27F2N7O3S. The van der Waals surface area contributed by atoms with Crippen molar-refractivity contribution >= 4 is 43.4 Å². The van der Waals surface area contributed by atoms with Gasteiger partial charge in [-0.3, -0.25) is 19.9 Å². The highest BCUT2D eigenvalue weighted by molar-refractivity contribution is 7.90. The molecule has 45 heavy (non-hydrogen) atoms. The van der Waals surface area contributed by atoms with Gasteiger partial charge in [0.15, 0.2) is 11.6 Å². The van der Waals surface area contributed by atoms with Crippen LogP contribution in [0.15, 0.2) is 61.1 Å². The van der Waals surface area contributed by atoms with Crippen LogP contribution in [0.5, 0.6) is 0 Å². The zero-order valence-electron chi connectivity index (χ0n) is 24.1. The van der Waals surface area contributed by atoms with Gasteiger partial charge in [0.1, 0.15) is 32.4 Å². The van der Waals surface area contributed by atoms with E-state index in [4.69, 9.17) is 4.98 Å². The molecule has 13 heteroatoms. The highest BCUT2D eigenvalue weighted by atomic mass is 32.2. The maximum atomic E-state index is 15.3. The van der Waals surface area contributed by atoms with E-state index in [1.54, 1.807) is 42.9 Å². The Kier molecular flexibility index (Phi) is 7.11. The maximum Gasteiger partial charge on any atom is 0.227 e. The summed E-state index contributed by atoms with van der Waals surface area (Å²) in [5.74, 6) is -0.838. The number of halogens is 2. The third kappa shape index (κ3) is 5.78. The van der Waals surface area contributed by atoms with Crippen molar-refractivity contribution in [1.82, 2.24) is 30.1 Å². The number of anilines is 1. The van der Waals surface area contributed by atoms with E-state index in [-0.39, 0.29) is 29.5 Å². The molecule has 3 N–H and O–H groups in total. The second kappa shape index (κ2) is 11.1. The third-order valence-corrected chi connectivity index (χ3v) is 9.00. The van der Waals surface area contributed by atoms with E-state index in [1.807, 2.05) is 0 Å². The fraction of sp³-hybridized carbons (Fsp3) is 0.219. The molecule has 1 fully saturated rings. The number of benzene rings is 2. The normalized spacial score (nSPS) is 13.8. The number of imidazole rings is 1. The van der Waals surface area contributed by atoms with Gasteiger partial charge in [0.25, 0.3) is 0 Å². The van der Waals surface area contributed by atoms with Crippen molar-refractivity contribution in [2.24, 2.45) is 5.92 Å². The topological polar surface area (TPSA) is 146 Å². The fourth-order valence-corrected chi connectivity index (χ4v) is 6.11. The van der Waals surface area contributed by atoms with Crippen molar-refractivity contribution in [3.05, 3.63) is 78.3 Å². The molecule has 4 aromatic heterocycles. The number of hydrogen-bond acceptors (Lipinski definition) is 7. The van der Waals surface area contributed by atoms with E-state index in [0.717, 1.165) is 25.5 Å². The second-order valence-corrected chi connectivity index (χ2v) is 13.7. The lowest BCUT2D eigenvalue weighted by molar-refractivity contribution is -0.122. The van der Waals surface area contributed by atoms with Crippen LogP contribution < -0.4 is 5.32 Å². The first kappa shape index (κ1) is 28.7. The van der Waals surface area contributed by atoms with Gasteiger partial charge < -0.3 is 10.3 Å². The number of nitrogens with zero attached hydrogens (tertiary/aromatic N) is 4. The number of sulfone groups is 1. The van der Waals surface area contributed by atoms with Gasteiger partial charge in [-0.15, -0.1) is 0 Å². The Labute approximate surface area is 256 Å². The van der Waals surface area contributed by atoms with Crippen LogP contribution in [0, 0.1) is 17.6 Å². The van der Waals surface area contributed by atoms with Crippen molar-refractivity contribution in [1.29, 1.82) is 0 Å². The van der Waals surface area contributed by atoms with Crippen molar-refractivity contribution in [2.45, 2.75) is 25.7 Å². The minimum atomic E-state index is -3.23. The second-order valence-electron chi connectivity index (χ2n) is 11.4. The van der Waals surface area contributed by atoms with Crippen LogP contribution in [0.3, 0.4) is 0 Å². The van der Waals surface area contributed by atoms with Gasteiger partial charge in [-0.2, -0.15) is 5.10 Å². The molecule has 0 radical (unpaired) electrons. The first-order chi connectivity index (χ1) is 21.6. The number of carbonyl (C=O) groups is 1. The predicted octanol–water partition coefficient (Wildman–Crippen LogP) is 5.83. The van der Waals surface area contributed by atoms with Gasteiger partial charge >= 0.3 is 0 Å². The summed E-state index contributed by atoms with van der Waals surface area (Å²) < 4.78 is 53.3. The monoisotopic (exact) mass is 627 g/mol. The van der Waals surface area contributed by atoms with Gasteiger partial charge in [0, 0.05) is 41.1 Å². The summed E-state index contributed by atoms with van der Waals surface area (Å²) in [4.78, 5) is 29.1. The fourth-order valence-electron chi connectivity index (χ4n) is 5.50. The molecular weight excluding hydrogens is 600 g/mol. The van der Waals surface area contributed by atoms with E-state index in [2.05, 4.69) is 30.5 Å². The average Bonchev–Trinajstić information content (AvgIpc) is 3.59. The molecule has 1 amide bonds. The minimum Gasteiger partial charge on any atom is -0.337 e. The van der Waals surface area contributed by atoms with Crippen molar-refractivity contribution in [3.8, 4) is 33.9 Å². The summed E-state index contributed by atoms with van der Waals surface area (Å²) in [6.07, 6.45) is 8.81. The maximum absolute atomic E-state index is 15.3. The zero-order chi connectivity index (χ0) is 31.3. The van der Waals surface area contributed by atoms with Gasteiger partial charge in [-0.25, -0.2) is 22.2 Å². The van der Waals surface area contributed by atoms with Gasteiger partial charge in [0.2, 0.25) is 5.91 Å². The number of amides is 1. The number of aromatic amines is 2. The summed E-state index contributed by atoms with van der Waals surface area (Å²) in [7, 11) is -3.23. The molecule has 0 atom stereocenters. The lowest BCUT2D eigenvalue weighted by Gasteiger charge is -2.24. The number of nitrogens with one attached hydrogen (secondary N) is 3. The number of fused-ring (bicyclic) bond motifs is 2. The molecule has 0 saturated heterocycles. The van der Waals surface area contributed by atoms with Crippen LogP contribution in [0.1, 0.15) is 24.8 Å². The van der Waals surface area contributed by atoms with E-state index in [0.29, 0.717) is 61.6 Å². The molecule has 0 spiro atoms. The molecule has 1 saturated carbocycles. The SMILES string of the molecule is CS(=O)(=O)CCc1cc(F)cc(-c2nccc3[nH]c(-c4[nH]nc5c(F)cc(-c6cncc(NC(=O)C7CCC7)c6)cc45)nc23)c1. The number of aromatic nitrogens is 6. The quantitative estimate of drug-likeness (QED) is 0.192. The van der Waals surface area contributed by atoms with E-state index in [9.17, 15) is 17.6 Å². The highest BCUT2D eigenvalue weighted by Gasteiger charge is 2.25. The van der Waals surface area contributed by atoms with Crippen LogP contribution in [-0.2, 0) is 21.1 Å². The summed E-state index contributed by atoms with van der Waals surface area (Å²) in [6.45, 7) is 0. The Morgan fingerprint density at radius 3 is 2.64 bits per heavy atom. The standard InChI is InChI=1S/C32H27F2N7O3S/c1-45(43,44)8-6-17-9-20(11-22(33)10-17)27-30-26(5-7-36-27)38-31(39-30)29-24-13-19(14-25(34)28(24)40-41-29)21-12-23(16-35-15-21)37-32(42)18-3-2-4-18/h5,7,9-16,18H,2-4,6,8H2,1H3,(H,37,42)(H,38,39)(H,40,41). The molecule has 0 aliphatic heterocycles. The molecule has 1 aliphatic rings. The Balaban J connectivity index is 1.26. The molecule has 7 rings (SSSR count). The lowest BCUT2D eigenvalue weighted by atomic mass is 9.85. The number of H-pyrrole nitrogens is 2. The first-order valence-corrected chi connectivity index (χ1v) is 16.4. The van der Waals surface area contributed by atoms with Crippen LogP contribution in [-0.4, -0.2) is 56.5 Å². The molecule has 0 bridgehead atoms. The molecule has 1 aliphatic carbocycles. The molecule has 0 unspecified atom stereocenters. The largest absolute Gasteiger partial charge is 0.337 e. The van der Waals surface area contributed by atoms with E-state index < -0.39 is 21.5 Å². The number of hydrogen-bond donors (Lipinski definition) is 3. The number of aryl methyl sites for hydroxylation is 1. The summed E-state index contributed by atoms with van der Waals surface area (Å²) >= 11 is 0. The third-order valence-electron chi connectivity index (χ3n) is 8.06. The van der Waals surface area contributed by atoms with Gasteiger partial charge in [-0.1, -0.05) is 6.42 Å². The van der Waals surface area contributed by atoms with Crippen LogP contribution in [0.4, 0.5) is 14.5 Å². The summed E-state index contributed by atoms with van der Waals surface area (Å²) in [5.41, 5.74) is 4.66. The zero-order valence-corrected chi connectivity index (χ0v) is 24.9. The number of rotatable bonds is 8.